The third kappa shape index (κ3) is 2.59. The Balaban J connectivity index is 2.08. The van der Waals surface area contributed by atoms with E-state index in [0.29, 0.717) is 15.5 Å². The fourth-order valence-corrected chi connectivity index (χ4v) is 3.68. The molecule has 4 rings (SSSR count). The summed E-state index contributed by atoms with van der Waals surface area (Å²) in [5, 5.41) is 6.88. The summed E-state index contributed by atoms with van der Waals surface area (Å²) < 4.78 is 11.4. The van der Waals surface area contributed by atoms with Crippen molar-refractivity contribution in [1.82, 2.24) is 9.97 Å². The van der Waals surface area contributed by atoms with Gasteiger partial charge in [-0.05, 0) is 42.8 Å². The average Bonchev–Trinajstić information content (AvgIpc) is 2.93. The maximum Gasteiger partial charge on any atom is 0.252 e. The monoisotopic (exact) mass is 371 g/mol. The van der Waals surface area contributed by atoms with Crippen LogP contribution in [0.2, 0.25) is 5.02 Å². The summed E-state index contributed by atoms with van der Waals surface area (Å²) in [6.45, 7) is 1.78. The maximum atomic E-state index is 12.5. The van der Waals surface area contributed by atoms with Crippen LogP contribution in [0.25, 0.3) is 33.1 Å². The van der Waals surface area contributed by atoms with Crippen molar-refractivity contribution in [3.63, 3.8) is 0 Å². The first-order valence-electron chi connectivity index (χ1n) is 7.56. The van der Waals surface area contributed by atoms with E-state index in [4.69, 9.17) is 16.7 Å². The van der Waals surface area contributed by atoms with Crippen molar-refractivity contribution in [3.8, 4) is 11.1 Å². The van der Waals surface area contributed by atoms with Gasteiger partial charge in [0.2, 0.25) is 0 Å². The summed E-state index contributed by atoms with van der Waals surface area (Å²) in [6, 6.07) is 12.6. The molecule has 0 radical (unpaired) electrons. The largest absolute Gasteiger partial charge is 0.353 e. The van der Waals surface area contributed by atoms with Crippen molar-refractivity contribution < 1.29 is 4.21 Å². The molecule has 126 valence electrons. The number of fused-ring (bicyclic) bond motifs is 3. The SMILES string of the molecule is Cc1c(-c2ccc(S(N)=O)cc2)c2[nH]c3ccc(Cl)cc3c2[nH]c1=O. The number of pyridine rings is 1. The summed E-state index contributed by atoms with van der Waals surface area (Å²) in [5.41, 5.74) is 4.54. The number of hydrogen-bond donors (Lipinski definition) is 3. The van der Waals surface area contributed by atoms with Crippen LogP contribution in [0.3, 0.4) is 0 Å². The van der Waals surface area contributed by atoms with Crippen molar-refractivity contribution in [1.29, 1.82) is 0 Å². The minimum absolute atomic E-state index is 0.158. The summed E-state index contributed by atoms with van der Waals surface area (Å²) in [4.78, 5) is 19.3. The van der Waals surface area contributed by atoms with Gasteiger partial charge in [0.05, 0.1) is 15.9 Å². The van der Waals surface area contributed by atoms with E-state index in [0.717, 1.165) is 33.1 Å². The number of nitrogens with two attached hydrogens (primary N) is 1. The maximum absolute atomic E-state index is 12.5. The standard InChI is InChI=1S/C18H14ClN3O2S/c1-9-15(10-2-5-12(6-3-10)25(20)24)17-16(22-18(9)23)13-8-11(19)4-7-14(13)21-17/h2-8,21H,20H2,1H3,(H,22,23). The molecule has 1 unspecified atom stereocenters. The lowest BCUT2D eigenvalue weighted by atomic mass is 10.0. The number of aromatic nitrogens is 2. The van der Waals surface area contributed by atoms with E-state index in [1.54, 1.807) is 25.1 Å². The Kier molecular flexibility index (Phi) is 3.76. The van der Waals surface area contributed by atoms with Gasteiger partial charge < -0.3 is 9.97 Å². The molecule has 5 nitrogen and oxygen atoms in total. The highest BCUT2D eigenvalue weighted by molar-refractivity contribution is 7.82. The molecule has 0 aliphatic carbocycles. The number of hydrogen-bond acceptors (Lipinski definition) is 2. The fraction of sp³-hybridized carbons (Fsp3) is 0.0556. The summed E-state index contributed by atoms with van der Waals surface area (Å²) in [7, 11) is -1.54. The van der Waals surface area contributed by atoms with E-state index in [9.17, 15) is 9.00 Å². The zero-order valence-corrected chi connectivity index (χ0v) is 14.8. The molecule has 2 aromatic carbocycles. The lowest BCUT2D eigenvalue weighted by Gasteiger charge is -2.08. The van der Waals surface area contributed by atoms with Gasteiger partial charge in [-0.2, -0.15) is 0 Å². The number of rotatable bonds is 2. The second kappa shape index (κ2) is 5.84. The topological polar surface area (TPSA) is 91.7 Å². The predicted octanol–water partition coefficient (Wildman–Crippen LogP) is 3.62. The molecule has 0 fully saturated rings. The molecule has 2 heterocycles. The number of H-pyrrole nitrogens is 2. The van der Waals surface area contributed by atoms with Crippen molar-refractivity contribution in [2.24, 2.45) is 5.14 Å². The van der Waals surface area contributed by atoms with E-state index >= 15 is 0 Å². The highest BCUT2D eigenvalue weighted by Crippen LogP contribution is 2.34. The summed E-state index contributed by atoms with van der Waals surface area (Å²) in [5.74, 6) is 0. The Morgan fingerprint density at radius 3 is 2.44 bits per heavy atom. The van der Waals surface area contributed by atoms with Crippen LogP contribution < -0.4 is 10.7 Å². The quantitative estimate of drug-likeness (QED) is 0.502. The number of nitrogens with one attached hydrogen (secondary N) is 2. The van der Waals surface area contributed by atoms with Gasteiger partial charge in [-0.1, -0.05) is 23.7 Å². The molecule has 0 aliphatic heterocycles. The molecule has 0 bridgehead atoms. The lowest BCUT2D eigenvalue weighted by Crippen LogP contribution is -2.11. The van der Waals surface area contributed by atoms with Gasteiger partial charge in [0.1, 0.15) is 11.0 Å². The Bertz CT molecular complexity index is 1210. The van der Waals surface area contributed by atoms with E-state index in [1.165, 1.54) is 0 Å². The van der Waals surface area contributed by atoms with Crippen LogP contribution in [-0.4, -0.2) is 14.2 Å². The van der Waals surface area contributed by atoms with Crippen LogP contribution in [0.4, 0.5) is 0 Å². The molecule has 4 aromatic rings. The van der Waals surface area contributed by atoms with Gasteiger partial charge >= 0.3 is 0 Å². The lowest BCUT2D eigenvalue weighted by molar-refractivity contribution is 0.684. The third-order valence-corrected chi connectivity index (χ3v) is 5.31. The zero-order chi connectivity index (χ0) is 17.7. The van der Waals surface area contributed by atoms with Crippen molar-refractivity contribution in [2.45, 2.75) is 11.8 Å². The molecule has 0 spiro atoms. The van der Waals surface area contributed by atoms with E-state index in [2.05, 4.69) is 9.97 Å². The van der Waals surface area contributed by atoms with Gasteiger partial charge in [-0.25, -0.2) is 9.35 Å². The molecule has 4 N–H and O–H groups in total. The minimum Gasteiger partial charge on any atom is -0.353 e. The number of halogens is 1. The van der Waals surface area contributed by atoms with Crippen LogP contribution in [0.5, 0.6) is 0 Å². The minimum atomic E-state index is -1.54. The Labute approximate surface area is 150 Å². The van der Waals surface area contributed by atoms with Crippen LogP contribution in [-0.2, 0) is 11.0 Å². The highest BCUT2D eigenvalue weighted by Gasteiger charge is 2.16. The van der Waals surface area contributed by atoms with Crippen molar-refractivity contribution >= 4 is 44.5 Å². The van der Waals surface area contributed by atoms with Crippen molar-refractivity contribution in [3.05, 3.63) is 63.4 Å². The van der Waals surface area contributed by atoms with Gasteiger partial charge in [0.15, 0.2) is 0 Å². The molecule has 7 heteroatoms. The Hall–Kier alpha value is -2.41. The Morgan fingerprint density at radius 2 is 1.76 bits per heavy atom. The first kappa shape index (κ1) is 16.1. The van der Waals surface area contributed by atoms with Gasteiger partial charge in [0, 0.05) is 27.1 Å². The highest BCUT2D eigenvalue weighted by atomic mass is 35.5. The smallest absolute Gasteiger partial charge is 0.252 e. The van der Waals surface area contributed by atoms with Crippen LogP contribution in [0.1, 0.15) is 5.56 Å². The second-order valence-electron chi connectivity index (χ2n) is 5.84. The average molecular weight is 372 g/mol. The molecular weight excluding hydrogens is 358 g/mol. The number of aromatic amines is 2. The normalized spacial score (nSPS) is 12.8. The first-order chi connectivity index (χ1) is 12.0. The molecular formula is C18H14ClN3O2S. The van der Waals surface area contributed by atoms with Crippen molar-refractivity contribution in [2.75, 3.05) is 0 Å². The second-order valence-corrected chi connectivity index (χ2v) is 7.34. The van der Waals surface area contributed by atoms with Crippen LogP contribution in [0, 0.1) is 6.92 Å². The van der Waals surface area contributed by atoms with Crippen LogP contribution in [0.15, 0.2) is 52.2 Å². The van der Waals surface area contributed by atoms with Gasteiger partial charge in [-0.3, -0.25) is 4.79 Å². The molecule has 0 saturated heterocycles. The molecule has 25 heavy (non-hydrogen) atoms. The van der Waals surface area contributed by atoms with Crippen LogP contribution >= 0.6 is 11.6 Å². The number of benzene rings is 2. The van der Waals surface area contributed by atoms with E-state index < -0.39 is 11.0 Å². The molecule has 0 amide bonds. The molecule has 1 atom stereocenters. The zero-order valence-electron chi connectivity index (χ0n) is 13.2. The van der Waals surface area contributed by atoms with Gasteiger partial charge in [-0.15, -0.1) is 0 Å². The summed E-state index contributed by atoms with van der Waals surface area (Å²) >= 11 is 6.10. The third-order valence-electron chi connectivity index (χ3n) is 4.34. The fourth-order valence-electron chi connectivity index (χ4n) is 3.11. The Morgan fingerprint density at radius 1 is 1.04 bits per heavy atom. The molecule has 2 aromatic heterocycles. The molecule has 0 saturated carbocycles. The van der Waals surface area contributed by atoms with E-state index in [-0.39, 0.29) is 5.56 Å². The van der Waals surface area contributed by atoms with E-state index in [1.807, 2.05) is 24.3 Å². The predicted molar refractivity (Wildman–Crippen MR) is 102 cm³/mol. The molecule has 0 aliphatic rings. The summed E-state index contributed by atoms with van der Waals surface area (Å²) in [6.07, 6.45) is 0. The van der Waals surface area contributed by atoms with Gasteiger partial charge in [0.25, 0.3) is 5.56 Å². The first-order valence-corrected chi connectivity index (χ1v) is 9.15.